The Morgan fingerprint density at radius 3 is 2.31 bits per heavy atom. The van der Waals surface area contributed by atoms with Crippen LogP contribution in [-0.2, 0) is 13.2 Å². The molecule has 11 heteroatoms. The number of aromatic nitrogens is 2. The van der Waals surface area contributed by atoms with E-state index < -0.39 is 5.91 Å². The number of furan rings is 1. The first kappa shape index (κ1) is 25.7. The van der Waals surface area contributed by atoms with Gasteiger partial charge in [-0.1, -0.05) is 70.1 Å². The fourth-order valence-electron chi connectivity index (χ4n) is 3.38. The molecule has 4 rings (SSSR count). The number of benzene rings is 2. The quantitative estimate of drug-likeness (QED) is 0.179. The van der Waals surface area contributed by atoms with E-state index in [1.807, 2.05) is 42.8 Å². The normalized spacial score (nSPS) is 11.1. The lowest BCUT2D eigenvalue weighted by atomic mass is 10.2. The first-order valence-electron chi connectivity index (χ1n) is 10.3. The third-order valence-corrected chi connectivity index (χ3v) is 7.28. The number of hydrogen-bond acceptors (Lipinski definition) is 4. The van der Waals surface area contributed by atoms with E-state index in [-0.39, 0.29) is 43.2 Å². The van der Waals surface area contributed by atoms with Crippen LogP contribution in [0.25, 0.3) is 0 Å². The van der Waals surface area contributed by atoms with Crippen molar-refractivity contribution in [2.45, 2.75) is 27.0 Å². The molecule has 0 fully saturated rings. The van der Waals surface area contributed by atoms with E-state index in [0.29, 0.717) is 18.0 Å². The molecular weight excluding hydrogens is 556 g/mol. The van der Waals surface area contributed by atoms with Gasteiger partial charge < -0.3 is 14.5 Å². The van der Waals surface area contributed by atoms with Crippen LogP contribution in [0.4, 0.5) is 5.69 Å². The summed E-state index contributed by atoms with van der Waals surface area (Å²) in [4.78, 5) is 12.7. The zero-order chi connectivity index (χ0) is 25.3. The average molecular weight is 574 g/mol. The zero-order valence-electron chi connectivity index (χ0n) is 18.5. The van der Waals surface area contributed by atoms with Crippen molar-refractivity contribution in [1.82, 2.24) is 9.78 Å². The summed E-state index contributed by atoms with van der Waals surface area (Å²) in [5.74, 6) is 0.127. The number of rotatable bonds is 7. The number of anilines is 1. The number of carbonyl (C=O) groups excluding carboxylic acids is 1. The van der Waals surface area contributed by atoms with Crippen LogP contribution in [0.2, 0.25) is 25.1 Å². The van der Waals surface area contributed by atoms with Gasteiger partial charge in [-0.2, -0.15) is 5.10 Å². The number of ether oxygens (including phenoxy) is 1. The largest absolute Gasteiger partial charge is 0.482 e. The topological polar surface area (TPSA) is 69.3 Å². The number of nitrogens with one attached hydrogen (secondary N) is 1. The molecular formula is C24H18Cl5N3O3. The Bertz CT molecular complexity index is 1380. The first-order valence-corrected chi connectivity index (χ1v) is 12.2. The summed E-state index contributed by atoms with van der Waals surface area (Å²) in [6.45, 7) is 4.47. The summed E-state index contributed by atoms with van der Waals surface area (Å²) in [6, 6.07) is 12.7. The van der Waals surface area contributed by atoms with E-state index in [1.54, 1.807) is 18.2 Å². The molecule has 1 N–H and O–H groups in total. The van der Waals surface area contributed by atoms with Gasteiger partial charge in [0.25, 0.3) is 5.91 Å². The molecule has 2 aromatic carbocycles. The van der Waals surface area contributed by atoms with E-state index in [1.165, 1.54) is 0 Å². The second kappa shape index (κ2) is 10.7. The van der Waals surface area contributed by atoms with Crippen LogP contribution in [0, 0.1) is 13.8 Å². The van der Waals surface area contributed by atoms with Gasteiger partial charge in [0, 0.05) is 11.4 Å². The summed E-state index contributed by atoms with van der Waals surface area (Å²) in [6.07, 6.45) is 0. The number of hydrogen-bond donors (Lipinski definition) is 1. The van der Waals surface area contributed by atoms with Crippen molar-refractivity contribution in [1.29, 1.82) is 0 Å². The molecule has 1 amide bonds. The highest BCUT2D eigenvalue weighted by molar-refractivity contribution is 6.55. The second-order valence-electron chi connectivity index (χ2n) is 7.69. The van der Waals surface area contributed by atoms with Crippen LogP contribution in [-0.4, -0.2) is 15.7 Å². The zero-order valence-corrected chi connectivity index (χ0v) is 22.2. The maximum atomic E-state index is 12.7. The summed E-state index contributed by atoms with van der Waals surface area (Å²) in [7, 11) is 0. The molecule has 0 saturated heterocycles. The van der Waals surface area contributed by atoms with E-state index in [4.69, 9.17) is 67.2 Å². The Morgan fingerprint density at radius 2 is 1.66 bits per heavy atom. The number of carbonyl (C=O) groups is 1. The molecule has 0 saturated carbocycles. The molecule has 35 heavy (non-hydrogen) atoms. The first-order chi connectivity index (χ1) is 16.6. The molecule has 2 heterocycles. The summed E-state index contributed by atoms with van der Waals surface area (Å²) < 4.78 is 13.2. The van der Waals surface area contributed by atoms with Crippen LogP contribution >= 0.6 is 58.0 Å². The molecule has 182 valence electrons. The molecule has 6 nitrogen and oxygen atoms in total. The highest BCUT2D eigenvalue weighted by Gasteiger charge is 2.21. The summed E-state index contributed by atoms with van der Waals surface area (Å²) in [5, 5.41) is 7.44. The van der Waals surface area contributed by atoms with Gasteiger partial charge in [-0.15, -0.1) is 0 Å². The predicted molar refractivity (Wildman–Crippen MR) is 140 cm³/mol. The minimum absolute atomic E-state index is 0.0240. The Labute approximate surface area is 226 Å². The van der Waals surface area contributed by atoms with E-state index in [0.717, 1.165) is 17.0 Å². The molecule has 0 aliphatic rings. The van der Waals surface area contributed by atoms with Crippen molar-refractivity contribution in [3.8, 4) is 5.75 Å². The van der Waals surface area contributed by atoms with Crippen LogP contribution in [0.1, 0.15) is 33.3 Å². The third-order valence-electron chi connectivity index (χ3n) is 5.03. The van der Waals surface area contributed by atoms with Crippen LogP contribution in [0.5, 0.6) is 5.75 Å². The minimum atomic E-state index is -0.409. The van der Waals surface area contributed by atoms with Crippen LogP contribution in [0.15, 0.2) is 46.9 Å². The van der Waals surface area contributed by atoms with Crippen molar-refractivity contribution >= 4 is 69.6 Å². The van der Waals surface area contributed by atoms with Crippen LogP contribution in [0.3, 0.4) is 0 Å². The lowest BCUT2D eigenvalue weighted by Gasteiger charge is -2.12. The fraction of sp³-hybridized carbons (Fsp3) is 0.167. The van der Waals surface area contributed by atoms with E-state index >= 15 is 0 Å². The lowest BCUT2D eigenvalue weighted by molar-refractivity contribution is 0.0992. The molecule has 0 aliphatic heterocycles. The molecule has 2 aromatic heterocycles. The van der Waals surface area contributed by atoms with Crippen molar-refractivity contribution in [3.63, 3.8) is 0 Å². The maximum Gasteiger partial charge on any atom is 0.291 e. The number of halogens is 5. The van der Waals surface area contributed by atoms with Crippen molar-refractivity contribution in [2.75, 3.05) is 5.32 Å². The van der Waals surface area contributed by atoms with E-state index in [2.05, 4.69) is 10.4 Å². The van der Waals surface area contributed by atoms with Gasteiger partial charge in [-0.25, -0.2) is 0 Å². The standard InChI is InChI=1S/C24H18Cl5N3O3/c1-12-8-13(2)32(31-12)10-14-4-3-5-15(9-14)30-24(33)17-7-6-16(35-17)11-34-23-21(28)19(26)18(25)20(27)22(23)29/h3-9H,10-11H2,1-2H3,(H,30,33). The Balaban J connectivity index is 1.42. The van der Waals surface area contributed by atoms with Crippen molar-refractivity contribution in [2.24, 2.45) is 0 Å². The minimum Gasteiger partial charge on any atom is -0.482 e. The monoisotopic (exact) mass is 571 g/mol. The molecule has 0 atom stereocenters. The number of nitrogens with zero attached hydrogens (tertiary/aromatic N) is 2. The Morgan fingerprint density at radius 1 is 0.971 bits per heavy atom. The van der Waals surface area contributed by atoms with Gasteiger partial charge in [-0.3, -0.25) is 9.48 Å². The van der Waals surface area contributed by atoms with E-state index in [9.17, 15) is 4.79 Å². The predicted octanol–water partition coefficient (Wildman–Crippen LogP) is 8.24. The van der Waals surface area contributed by atoms with Crippen LogP contribution < -0.4 is 10.1 Å². The molecule has 0 unspecified atom stereocenters. The number of amides is 1. The Hall–Kier alpha value is -2.35. The third kappa shape index (κ3) is 5.74. The van der Waals surface area contributed by atoms with Gasteiger partial charge in [0.2, 0.25) is 0 Å². The molecule has 0 aliphatic carbocycles. The molecule has 4 aromatic rings. The average Bonchev–Trinajstić information content (AvgIpc) is 3.42. The maximum absolute atomic E-state index is 12.7. The molecule has 0 bridgehead atoms. The Kier molecular flexibility index (Phi) is 7.89. The highest BCUT2D eigenvalue weighted by atomic mass is 35.5. The lowest BCUT2D eigenvalue weighted by Crippen LogP contribution is -2.11. The summed E-state index contributed by atoms with van der Waals surface area (Å²) in [5.41, 5.74) is 3.65. The van der Waals surface area contributed by atoms with Gasteiger partial charge in [0.1, 0.15) is 22.4 Å². The SMILES string of the molecule is Cc1cc(C)n(Cc2cccc(NC(=O)c3ccc(COc4c(Cl)c(Cl)c(Cl)c(Cl)c4Cl)o3)c2)n1. The molecule has 0 radical (unpaired) electrons. The van der Waals surface area contributed by atoms with Crippen molar-refractivity contribution < 1.29 is 13.9 Å². The van der Waals surface area contributed by atoms with Crippen molar-refractivity contribution in [3.05, 3.63) is 96.0 Å². The van der Waals surface area contributed by atoms with Gasteiger partial charge in [0.15, 0.2) is 11.5 Å². The fourth-order valence-corrected chi connectivity index (χ4v) is 4.61. The van der Waals surface area contributed by atoms with Gasteiger partial charge in [-0.05, 0) is 49.7 Å². The second-order valence-corrected chi connectivity index (χ2v) is 9.58. The van der Waals surface area contributed by atoms with Gasteiger partial charge >= 0.3 is 0 Å². The van der Waals surface area contributed by atoms with Gasteiger partial charge in [0.05, 0.1) is 27.3 Å². The highest BCUT2D eigenvalue weighted by Crippen LogP contribution is 2.48. The molecule has 0 spiro atoms. The number of aryl methyl sites for hydroxylation is 2. The summed E-state index contributed by atoms with van der Waals surface area (Å²) >= 11 is 30.5. The smallest absolute Gasteiger partial charge is 0.291 e.